The van der Waals surface area contributed by atoms with Gasteiger partial charge in [0.05, 0.1) is 0 Å². The lowest BCUT2D eigenvalue weighted by atomic mass is 10.1. The van der Waals surface area contributed by atoms with Gasteiger partial charge in [0.25, 0.3) is 0 Å². The third kappa shape index (κ3) is 1.42. The molecule has 1 heterocycles. The Hall–Kier alpha value is -1.02. The van der Waals surface area contributed by atoms with Crippen molar-refractivity contribution in [2.75, 3.05) is 0 Å². The molecule has 68 valence electrons. The largest absolute Gasteiger partial charge is 0.499 e. The molecule has 0 unspecified atom stereocenters. The summed E-state index contributed by atoms with van der Waals surface area (Å²) in [6.07, 6.45) is 2.05. The van der Waals surface area contributed by atoms with E-state index >= 15 is 0 Å². The van der Waals surface area contributed by atoms with Gasteiger partial charge in [-0.2, -0.15) is 0 Å². The van der Waals surface area contributed by atoms with Gasteiger partial charge in [0.15, 0.2) is 5.06 Å². The number of thiophene rings is 1. The highest BCUT2D eigenvalue weighted by Gasteiger charge is 2.08. The van der Waals surface area contributed by atoms with E-state index in [2.05, 4.69) is 19.1 Å². The molecule has 0 spiro atoms. The summed E-state index contributed by atoms with van der Waals surface area (Å²) in [5.41, 5.74) is 1.11. The molecule has 0 saturated heterocycles. The maximum absolute atomic E-state index is 9.68. The second kappa shape index (κ2) is 3.38. The van der Waals surface area contributed by atoms with E-state index in [1.165, 1.54) is 21.4 Å². The van der Waals surface area contributed by atoms with Crippen molar-refractivity contribution in [3.8, 4) is 5.06 Å². The lowest BCUT2D eigenvalue weighted by Gasteiger charge is -1.95. The molecule has 0 aliphatic heterocycles. The molecule has 1 aromatic carbocycles. The van der Waals surface area contributed by atoms with Crippen LogP contribution in [0.1, 0.15) is 18.9 Å². The van der Waals surface area contributed by atoms with Gasteiger partial charge in [-0.3, -0.25) is 0 Å². The standard InChI is InChI=1S/C11H12OS/c1-2-5-9-8-6-3-4-7-10(8)13-11(9)12/h3-4,6-7,12H,2,5H2,1H3. The van der Waals surface area contributed by atoms with Gasteiger partial charge in [-0.1, -0.05) is 42.9 Å². The molecule has 0 bridgehead atoms. The van der Waals surface area contributed by atoms with Gasteiger partial charge < -0.3 is 5.11 Å². The Bertz CT molecular complexity index is 417. The normalized spacial score (nSPS) is 10.8. The highest BCUT2D eigenvalue weighted by atomic mass is 32.1. The zero-order chi connectivity index (χ0) is 9.26. The van der Waals surface area contributed by atoms with E-state index < -0.39 is 0 Å². The Labute approximate surface area is 81.6 Å². The summed E-state index contributed by atoms with van der Waals surface area (Å²) in [5, 5.41) is 11.4. The third-order valence-corrected chi connectivity index (χ3v) is 3.19. The Morgan fingerprint density at radius 2 is 2.08 bits per heavy atom. The van der Waals surface area contributed by atoms with Crippen LogP contribution in [-0.4, -0.2) is 5.11 Å². The molecule has 1 nitrogen and oxygen atoms in total. The van der Waals surface area contributed by atoms with E-state index in [9.17, 15) is 5.11 Å². The van der Waals surface area contributed by atoms with Crippen LogP contribution in [-0.2, 0) is 6.42 Å². The van der Waals surface area contributed by atoms with Crippen molar-refractivity contribution in [2.24, 2.45) is 0 Å². The summed E-state index contributed by atoms with van der Waals surface area (Å²) in [6, 6.07) is 8.16. The zero-order valence-corrected chi connectivity index (χ0v) is 8.40. The van der Waals surface area contributed by atoms with Crippen LogP contribution in [0.5, 0.6) is 5.06 Å². The maximum atomic E-state index is 9.68. The van der Waals surface area contributed by atoms with Crippen molar-refractivity contribution >= 4 is 21.4 Å². The highest BCUT2D eigenvalue weighted by Crippen LogP contribution is 2.36. The summed E-state index contributed by atoms with van der Waals surface area (Å²) >= 11 is 1.47. The second-order valence-electron chi connectivity index (χ2n) is 3.13. The van der Waals surface area contributed by atoms with Crippen LogP contribution in [0.2, 0.25) is 0 Å². The van der Waals surface area contributed by atoms with Gasteiger partial charge in [-0.25, -0.2) is 0 Å². The van der Waals surface area contributed by atoms with E-state index in [1.807, 2.05) is 12.1 Å². The molecule has 0 fully saturated rings. The molecule has 0 aliphatic rings. The summed E-state index contributed by atoms with van der Waals surface area (Å²) < 4.78 is 1.18. The SMILES string of the molecule is CCCc1c(O)sc2ccccc12. The van der Waals surface area contributed by atoms with Crippen molar-refractivity contribution in [1.29, 1.82) is 0 Å². The first-order valence-corrected chi connectivity index (χ1v) is 5.34. The first-order chi connectivity index (χ1) is 6.33. The number of aryl methyl sites for hydroxylation is 1. The Morgan fingerprint density at radius 1 is 1.31 bits per heavy atom. The molecule has 0 aliphatic carbocycles. The number of hydrogen-bond acceptors (Lipinski definition) is 2. The van der Waals surface area contributed by atoms with Crippen LogP contribution in [0.15, 0.2) is 24.3 Å². The second-order valence-corrected chi connectivity index (χ2v) is 4.16. The molecule has 1 aromatic heterocycles. The van der Waals surface area contributed by atoms with E-state index in [4.69, 9.17) is 0 Å². The minimum atomic E-state index is 0.489. The fraction of sp³-hybridized carbons (Fsp3) is 0.273. The first kappa shape index (κ1) is 8.57. The quantitative estimate of drug-likeness (QED) is 0.771. The summed E-state index contributed by atoms with van der Waals surface area (Å²) in [4.78, 5) is 0. The molecule has 0 saturated carbocycles. The number of benzene rings is 1. The lowest BCUT2D eigenvalue weighted by molar-refractivity contribution is 0.484. The van der Waals surface area contributed by atoms with Gasteiger partial charge in [0.2, 0.25) is 0 Å². The smallest absolute Gasteiger partial charge is 0.175 e. The Balaban J connectivity index is 2.64. The zero-order valence-electron chi connectivity index (χ0n) is 7.58. The lowest BCUT2D eigenvalue weighted by Crippen LogP contribution is -1.79. The van der Waals surface area contributed by atoms with Crippen LogP contribution >= 0.6 is 11.3 Å². The molecule has 2 rings (SSSR count). The van der Waals surface area contributed by atoms with Crippen molar-refractivity contribution < 1.29 is 5.11 Å². The summed E-state index contributed by atoms with van der Waals surface area (Å²) in [6.45, 7) is 2.13. The number of rotatable bonds is 2. The van der Waals surface area contributed by atoms with Gasteiger partial charge in [-0.15, -0.1) is 0 Å². The monoisotopic (exact) mass is 192 g/mol. The molecule has 2 aromatic rings. The van der Waals surface area contributed by atoms with Crippen LogP contribution in [0.3, 0.4) is 0 Å². The van der Waals surface area contributed by atoms with Crippen molar-refractivity contribution in [2.45, 2.75) is 19.8 Å². The van der Waals surface area contributed by atoms with Gasteiger partial charge in [0.1, 0.15) is 0 Å². The van der Waals surface area contributed by atoms with Crippen LogP contribution in [0.25, 0.3) is 10.1 Å². The summed E-state index contributed by atoms with van der Waals surface area (Å²) in [5.74, 6) is 0. The van der Waals surface area contributed by atoms with Crippen molar-refractivity contribution in [1.82, 2.24) is 0 Å². The highest BCUT2D eigenvalue weighted by molar-refractivity contribution is 7.20. The minimum Gasteiger partial charge on any atom is -0.499 e. The number of hydrogen-bond donors (Lipinski definition) is 1. The third-order valence-electron chi connectivity index (χ3n) is 2.18. The fourth-order valence-electron chi connectivity index (χ4n) is 1.58. The molecular formula is C11H12OS. The van der Waals surface area contributed by atoms with E-state index in [1.54, 1.807) is 0 Å². The average molecular weight is 192 g/mol. The summed E-state index contributed by atoms with van der Waals surface area (Å²) in [7, 11) is 0. The average Bonchev–Trinajstić information content (AvgIpc) is 2.44. The fourth-order valence-corrected chi connectivity index (χ4v) is 2.57. The Kier molecular flexibility index (Phi) is 2.23. The van der Waals surface area contributed by atoms with Crippen LogP contribution in [0.4, 0.5) is 0 Å². The molecule has 0 amide bonds. The Morgan fingerprint density at radius 3 is 2.85 bits per heavy atom. The van der Waals surface area contributed by atoms with Crippen LogP contribution < -0.4 is 0 Å². The number of fused-ring (bicyclic) bond motifs is 1. The molecule has 13 heavy (non-hydrogen) atoms. The van der Waals surface area contributed by atoms with E-state index in [0.29, 0.717) is 5.06 Å². The molecule has 1 N–H and O–H groups in total. The number of aromatic hydroxyl groups is 1. The molecule has 0 radical (unpaired) electrons. The molecule has 0 atom stereocenters. The predicted molar refractivity (Wildman–Crippen MR) is 57.5 cm³/mol. The predicted octanol–water partition coefficient (Wildman–Crippen LogP) is 3.56. The molecule has 2 heteroatoms. The molecular weight excluding hydrogens is 180 g/mol. The van der Waals surface area contributed by atoms with Gasteiger partial charge >= 0.3 is 0 Å². The topological polar surface area (TPSA) is 20.2 Å². The van der Waals surface area contributed by atoms with Crippen LogP contribution in [0, 0.1) is 0 Å². The van der Waals surface area contributed by atoms with Gasteiger partial charge in [-0.05, 0) is 17.9 Å². The van der Waals surface area contributed by atoms with Gasteiger partial charge in [0, 0.05) is 10.3 Å². The van der Waals surface area contributed by atoms with Crippen molar-refractivity contribution in [3.05, 3.63) is 29.8 Å². The minimum absolute atomic E-state index is 0.489. The first-order valence-electron chi connectivity index (χ1n) is 4.52. The van der Waals surface area contributed by atoms with E-state index in [0.717, 1.165) is 18.4 Å². The maximum Gasteiger partial charge on any atom is 0.175 e. The van der Waals surface area contributed by atoms with Crippen molar-refractivity contribution in [3.63, 3.8) is 0 Å². The van der Waals surface area contributed by atoms with E-state index in [-0.39, 0.29) is 0 Å².